The van der Waals surface area contributed by atoms with Gasteiger partial charge in [0.15, 0.2) is 5.82 Å². The molecule has 1 saturated heterocycles. The number of nitrogens with zero attached hydrogens (tertiary/aromatic N) is 7. The van der Waals surface area contributed by atoms with Gasteiger partial charge in [-0.25, -0.2) is 4.98 Å². The van der Waals surface area contributed by atoms with Crippen LogP contribution in [0.1, 0.15) is 50.3 Å². The second-order valence-electron chi connectivity index (χ2n) is 7.02. The number of piperidine rings is 1. The molecule has 1 atom stereocenters. The molecule has 4 rings (SSSR count). The van der Waals surface area contributed by atoms with Crippen molar-refractivity contribution in [3.05, 3.63) is 36.3 Å². The first-order valence-electron chi connectivity index (χ1n) is 9.03. The lowest BCUT2D eigenvalue weighted by molar-refractivity contribution is 0.425. The Balaban J connectivity index is 1.57. The fourth-order valence-electron chi connectivity index (χ4n) is 3.48. The van der Waals surface area contributed by atoms with Gasteiger partial charge in [-0.05, 0) is 45.7 Å². The molecule has 3 aromatic rings. The van der Waals surface area contributed by atoms with Gasteiger partial charge in [-0.2, -0.15) is 4.98 Å². The normalized spacial score (nSPS) is 17.8. The fourth-order valence-corrected chi connectivity index (χ4v) is 3.48. The van der Waals surface area contributed by atoms with Crippen LogP contribution in [0.25, 0.3) is 11.5 Å². The van der Waals surface area contributed by atoms with Gasteiger partial charge in [-0.3, -0.25) is 0 Å². The number of hydrogen-bond acceptors (Lipinski definition) is 7. The van der Waals surface area contributed by atoms with Crippen molar-refractivity contribution in [3.8, 4) is 11.5 Å². The molecule has 8 nitrogen and oxygen atoms in total. The summed E-state index contributed by atoms with van der Waals surface area (Å²) in [5.41, 5.74) is 0.892. The van der Waals surface area contributed by atoms with Gasteiger partial charge in [0.05, 0.1) is 0 Å². The molecule has 136 valence electrons. The molecule has 0 bridgehead atoms. The summed E-state index contributed by atoms with van der Waals surface area (Å²) >= 11 is 0. The van der Waals surface area contributed by atoms with E-state index in [0.717, 1.165) is 43.1 Å². The summed E-state index contributed by atoms with van der Waals surface area (Å²) in [6, 6.07) is 4.27. The number of anilines is 1. The molecular formula is C18H23N7O. The quantitative estimate of drug-likeness (QED) is 0.712. The molecule has 1 aliphatic heterocycles. The molecule has 1 aliphatic rings. The molecule has 0 spiro atoms. The van der Waals surface area contributed by atoms with E-state index < -0.39 is 0 Å². The van der Waals surface area contributed by atoms with Crippen molar-refractivity contribution < 1.29 is 4.52 Å². The standard InChI is InChI=1S/C18H23N7O/c1-12(2)25-11-20-22-17(25)15-5-4-8-24(10-15)16-9-14(6-7-19-16)18-21-13(3)23-26-18/h6-7,9,11-12,15H,4-5,8,10H2,1-3H3. The third-order valence-corrected chi connectivity index (χ3v) is 4.79. The Bertz CT molecular complexity index is 885. The minimum atomic E-state index is 0.352. The number of pyridine rings is 1. The number of rotatable bonds is 4. The van der Waals surface area contributed by atoms with E-state index in [1.54, 1.807) is 6.20 Å². The molecule has 0 saturated carbocycles. The van der Waals surface area contributed by atoms with E-state index >= 15 is 0 Å². The summed E-state index contributed by atoms with van der Waals surface area (Å²) in [7, 11) is 0. The zero-order valence-electron chi connectivity index (χ0n) is 15.3. The monoisotopic (exact) mass is 353 g/mol. The molecule has 1 fully saturated rings. The summed E-state index contributed by atoms with van der Waals surface area (Å²) in [5, 5.41) is 12.4. The van der Waals surface area contributed by atoms with E-state index in [0.29, 0.717) is 23.7 Å². The van der Waals surface area contributed by atoms with Crippen LogP contribution in [0.2, 0.25) is 0 Å². The van der Waals surface area contributed by atoms with Gasteiger partial charge in [0.1, 0.15) is 18.0 Å². The van der Waals surface area contributed by atoms with E-state index in [2.05, 4.69) is 48.6 Å². The van der Waals surface area contributed by atoms with Crippen molar-refractivity contribution in [2.45, 2.75) is 45.6 Å². The predicted molar refractivity (Wildman–Crippen MR) is 96.9 cm³/mol. The maximum atomic E-state index is 5.29. The third kappa shape index (κ3) is 3.18. The number of aryl methyl sites for hydroxylation is 1. The highest BCUT2D eigenvalue weighted by atomic mass is 16.5. The summed E-state index contributed by atoms with van der Waals surface area (Å²) < 4.78 is 7.45. The molecule has 0 aromatic carbocycles. The van der Waals surface area contributed by atoms with Crippen LogP contribution in [-0.2, 0) is 0 Å². The molecule has 26 heavy (non-hydrogen) atoms. The van der Waals surface area contributed by atoms with Crippen LogP contribution in [0.4, 0.5) is 5.82 Å². The lowest BCUT2D eigenvalue weighted by atomic mass is 9.96. The van der Waals surface area contributed by atoms with Crippen molar-refractivity contribution in [1.29, 1.82) is 0 Å². The van der Waals surface area contributed by atoms with Gasteiger partial charge in [0.2, 0.25) is 0 Å². The largest absolute Gasteiger partial charge is 0.356 e. The van der Waals surface area contributed by atoms with Crippen LogP contribution >= 0.6 is 0 Å². The summed E-state index contributed by atoms with van der Waals surface area (Å²) in [4.78, 5) is 11.2. The van der Waals surface area contributed by atoms with Crippen molar-refractivity contribution in [2.24, 2.45) is 0 Å². The Hall–Kier alpha value is -2.77. The maximum absolute atomic E-state index is 5.29. The van der Waals surface area contributed by atoms with E-state index in [1.807, 2.05) is 25.4 Å². The van der Waals surface area contributed by atoms with Crippen molar-refractivity contribution in [3.63, 3.8) is 0 Å². The average molecular weight is 353 g/mol. The van der Waals surface area contributed by atoms with Crippen LogP contribution in [0.3, 0.4) is 0 Å². The molecule has 3 aromatic heterocycles. The molecule has 0 N–H and O–H groups in total. The Kier molecular flexibility index (Phi) is 4.40. The Morgan fingerprint density at radius 1 is 1.31 bits per heavy atom. The van der Waals surface area contributed by atoms with Crippen LogP contribution in [0.15, 0.2) is 29.2 Å². The van der Waals surface area contributed by atoms with E-state index in [9.17, 15) is 0 Å². The molecule has 0 radical (unpaired) electrons. The number of aromatic nitrogens is 6. The first kappa shape index (κ1) is 16.7. The Morgan fingerprint density at radius 3 is 2.96 bits per heavy atom. The van der Waals surface area contributed by atoms with Gasteiger partial charge < -0.3 is 14.0 Å². The molecular weight excluding hydrogens is 330 g/mol. The highest BCUT2D eigenvalue weighted by molar-refractivity contribution is 5.58. The van der Waals surface area contributed by atoms with Crippen molar-refractivity contribution in [2.75, 3.05) is 18.0 Å². The summed E-state index contributed by atoms with van der Waals surface area (Å²) in [5.74, 6) is 3.50. The molecule has 8 heteroatoms. The summed E-state index contributed by atoms with van der Waals surface area (Å²) in [6.07, 6.45) is 5.84. The molecule has 0 amide bonds. The average Bonchev–Trinajstić information content (AvgIpc) is 3.31. The van der Waals surface area contributed by atoms with E-state index in [-0.39, 0.29) is 0 Å². The third-order valence-electron chi connectivity index (χ3n) is 4.79. The van der Waals surface area contributed by atoms with E-state index in [1.165, 1.54) is 0 Å². The first-order chi connectivity index (χ1) is 12.6. The lowest BCUT2D eigenvalue weighted by Gasteiger charge is -2.33. The van der Waals surface area contributed by atoms with Gasteiger partial charge in [0.25, 0.3) is 5.89 Å². The smallest absolute Gasteiger partial charge is 0.258 e. The maximum Gasteiger partial charge on any atom is 0.258 e. The van der Waals surface area contributed by atoms with Crippen LogP contribution in [0, 0.1) is 6.92 Å². The summed E-state index contributed by atoms with van der Waals surface area (Å²) in [6.45, 7) is 7.99. The predicted octanol–water partition coefficient (Wildman–Crippen LogP) is 3.00. The molecule has 0 aliphatic carbocycles. The van der Waals surface area contributed by atoms with Crippen LogP contribution in [-0.4, -0.2) is 43.0 Å². The van der Waals surface area contributed by atoms with Crippen molar-refractivity contribution >= 4 is 5.82 Å². The van der Waals surface area contributed by atoms with Gasteiger partial charge >= 0.3 is 0 Å². The molecule has 4 heterocycles. The zero-order valence-corrected chi connectivity index (χ0v) is 15.3. The SMILES string of the molecule is Cc1noc(-c2ccnc(N3CCCC(c4nncn4C(C)C)C3)c2)n1. The van der Waals surface area contributed by atoms with Gasteiger partial charge in [-0.15, -0.1) is 10.2 Å². The topological polar surface area (TPSA) is 85.8 Å². The number of hydrogen-bond donors (Lipinski definition) is 0. The lowest BCUT2D eigenvalue weighted by Crippen LogP contribution is -2.36. The van der Waals surface area contributed by atoms with Crippen LogP contribution < -0.4 is 4.90 Å². The highest BCUT2D eigenvalue weighted by Gasteiger charge is 2.27. The van der Waals surface area contributed by atoms with Crippen molar-refractivity contribution in [1.82, 2.24) is 29.9 Å². The minimum absolute atomic E-state index is 0.352. The second-order valence-corrected chi connectivity index (χ2v) is 7.02. The zero-order chi connectivity index (χ0) is 18.1. The van der Waals surface area contributed by atoms with Gasteiger partial charge in [0, 0.05) is 36.8 Å². The highest BCUT2D eigenvalue weighted by Crippen LogP contribution is 2.30. The van der Waals surface area contributed by atoms with Gasteiger partial charge in [-0.1, -0.05) is 5.16 Å². The Labute approximate surface area is 152 Å². The first-order valence-corrected chi connectivity index (χ1v) is 9.03. The Morgan fingerprint density at radius 2 is 2.19 bits per heavy atom. The van der Waals surface area contributed by atoms with Crippen LogP contribution in [0.5, 0.6) is 0 Å². The fraction of sp³-hybridized carbons (Fsp3) is 0.500. The van der Waals surface area contributed by atoms with E-state index in [4.69, 9.17) is 4.52 Å². The molecule has 1 unspecified atom stereocenters. The minimum Gasteiger partial charge on any atom is -0.356 e. The second kappa shape index (κ2) is 6.86.